The van der Waals surface area contributed by atoms with E-state index in [2.05, 4.69) is 10.6 Å². The molecule has 0 aromatic heterocycles. The summed E-state index contributed by atoms with van der Waals surface area (Å²) in [6.07, 6.45) is 1.14. The SMILES string of the molecule is CNCCCNC(=O)CCC(=O)N1CCN(S(=O)(=O)c2ccccc2)CC1.Cl. The summed E-state index contributed by atoms with van der Waals surface area (Å²) in [6.45, 7) is 2.63. The quantitative estimate of drug-likeness (QED) is 0.552. The molecule has 0 bridgehead atoms. The van der Waals surface area contributed by atoms with Gasteiger partial charge >= 0.3 is 0 Å². The first-order valence-electron chi connectivity index (χ1n) is 9.19. The molecule has 0 aliphatic carbocycles. The van der Waals surface area contributed by atoms with Crippen molar-refractivity contribution in [3.63, 3.8) is 0 Å². The average Bonchev–Trinajstić information content (AvgIpc) is 2.70. The van der Waals surface area contributed by atoms with Crippen LogP contribution in [0.25, 0.3) is 0 Å². The van der Waals surface area contributed by atoms with Gasteiger partial charge < -0.3 is 15.5 Å². The molecule has 10 heteroatoms. The van der Waals surface area contributed by atoms with Crippen molar-refractivity contribution in [3.8, 4) is 0 Å². The number of hydrogen-bond donors (Lipinski definition) is 2. The van der Waals surface area contributed by atoms with Crippen molar-refractivity contribution < 1.29 is 18.0 Å². The van der Waals surface area contributed by atoms with Crippen molar-refractivity contribution in [1.82, 2.24) is 19.8 Å². The van der Waals surface area contributed by atoms with Crippen LogP contribution in [0.15, 0.2) is 35.2 Å². The maximum atomic E-state index is 12.6. The van der Waals surface area contributed by atoms with Gasteiger partial charge in [-0.25, -0.2) is 8.42 Å². The van der Waals surface area contributed by atoms with Crippen molar-refractivity contribution in [2.75, 3.05) is 46.3 Å². The van der Waals surface area contributed by atoms with Crippen LogP contribution in [0.4, 0.5) is 0 Å². The number of amides is 2. The van der Waals surface area contributed by atoms with Crippen LogP contribution in [0.5, 0.6) is 0 Å². The maximum absolute atomic E-state index is 12.6. The highest BCUT2D eigenvalue weighted by Crippen LogP contribution is 2.17. The monoisotopic (exact) mass is 432 g/mol. The van der Waals surface area contributed by atoms with Gasteiger partial charge in [0.15, 0.2) is 0 Å². The molecule has 158 valence electrons. The number of benzene rings is 1. The average molecular weight is 433 g/mol. The van der Waals surface area contributed by atoms with Gasteiger partial charge in [0.05, 0.1) is 4.90 Å². The largest absolute Gasteiger partial charge is 0.356 e. The van der Waals surface area contributed by atoms with Gasteiger partial charge in [-0.15, -0.1) is 12.4 Å². The normalized spacial score (nSPS) is 15.0. The van der Waals surface area contributed by atoms with Crippen LogP contribution in [0.1, 0.15) is 19.3 Å². The van der Waals surface area contributed by atoms with Gasteiger partial charge in [-0.05, 0) is 32.1 Å². The lowest BCUT2D eigenvalue weighted by molar-refractivity contribution is -0.134. The van der Waals surface area contributed by atoms with Crippen LogP contribution in [-0.2, 0) is 19.6 Å². The smallest absolute Gasteiger partial charge is 0.243 e. The number of carbonyl (C=O) groups is 2. The van der Waals surface area contributed by atoms with Crippen molar-refractivity contribution in [1.29, 1.82) is 0 Å². The van der Waals surface area contributed by atoms with Crippen molar-refractivity contribution in [3.05, 3.63) is 30.3 Å². The molecule has 1 saturated heterocycles. The summed E-state index contributed by atoms with van der Waals surface area (Å²) < 4.78 is 26.6. The van der Waals surface area contributed by atoms with Crippen molar-refractivity contribution in [2.45, 2.75) is 24.2 Å². The van der Waals surface area contributed by atoms with E-state index in [4.69, 9.17) is 0 Å². The molecular formula is C18H29ClN4O4S. The zero-order chi connectivity index (χ0) is 19.7. The number of hydrogen-bond acceptors (Lipinski definition) is 5. The summed E-state index contributed by atoms with van der Waals surface area (Å²) in [5, 5.41) is 5.78. The topological polar surface area (TPSA) is 98.8 Å². The van der Waals surface area contributed by atoms with E-state index in [0.717, 1.165) is 13.0 Å². The van der Waals surface area contributed by atoms with Crippen LogP contribution in [-0.4, -0.2) is 75.8 Å². The van der Waals surface area contributed by atoms with E-state index in [9.17, 15) is 18.0 Å². The number of piperazine rings is 1. The summed E-state index contributed by atoms with van der Waals surface area (Å²) in [5.74, 6) is -0.248. The lowest BCUT2D eigenvalue weighted by Gasteiger charge is -2.34. The zero-order valence-electron chi connectivity index (χ0n) is 16.1. The number of sulfonamides is 1. The Kier molecular flexibility index (Phi) is 10.4. The summed E-state index contributed by atoms with van der Waals surface area (Å²) >= 11 is 0. The summed E-state index contributed by atoms with van der Waals surface area (Å²) in [4.78, 5) is 25.9. The number of carbonyl (C=O) groups excluding carboxylic acids is 2. The standard InChI is InChI=1S/C18H28N4O4S.ClH/c1-19-10-5-11-20-17(23)8-9-18(24)21-12-14-22(15-13-21)27(25,26)16-6-3-2-4-7-16;/h2-4,6-7,19H,5,8-15H2,1H3,(H,20,23);1H. The minimum atomic E-state index is -3.53. The van der Waals surface area contributed by atoms with Crippen LogP contribution in [0.2, 0.25) is 0 Å². The molecule has 8 nitrogen and oxygen atoms in total. The van der Waals surface area contributed by atoms with E-state index in [1.807, 2.05) is 7.05 Å². The molecule has 1 aromatic carbocycles. The van der Waals surface area contributed by atoms with Crippen molar-refractivity contribution in [2.24, 2.45) is 0 Å². The van der Waals surface area contributed by atoms with Gasteiger partial charge in [0, 0.05) is 45.6 Å². The van der Waals surface area contributed by atoms with E-state index in [1.165, 1.54) is 4.31 Å². The first-order valence-corrected chi connectivity index (χ1v) is 10.6. The third kappa shape index (κ3) is 7.05. The molecule has 0 unspecified atom stereocenters. The Hall–Kier alpha value is -1.68. The first kappa shape index (κ1) is 24.4. The van der Waals surface area contributed by atoms with E-state index < -0.39 is 10.0 Å². The molecule has 0 saturated carbocycles. The minimum absolute atomic E-state index is 0. The summed E-state index contributed by atoms with van der Waals surface area (Å²) in [6, 6.07) is 8.30. The Labute approximate surface area is 173 Å². The first-order chi connectivity index (χ1) is 12.9. The molecule has 1 aliphatic rings. The molecule has 1 aliphatic heterocycles. The van der Waals surface area contributed by atoms with Crippen LogP contribution in [0.3, 0.4) is 0 Å². The lowest BCUT2D eigenvalue weighted by atomic mass is 10.2. The van der Waals surface area contributed by atoms with E-state index in [-0.39, 0.29) is 55.0 Å². The molecule has 0 atom stereocenters. The Morgan fingerprint density at radius 1 is 1.00 bits per heavy atom. The van der Waals surface area contributed by atoms with Gasteiger partial charge in [-0.1, -0.05) is 18.2 Å². The molecule has 1 aromatic rings. The second-order valence-electron chi connectivity index (χ2n) is 6.40. The fraction of sp³-hybridized carbons (Fsp3) is 0.556. The predicted molar refractivity (Wildman–Crippen MR) is 110 cm³/mol. The maximum Gasteiger partial charge on any atom is 0.243 e. The Bertz CT molecular complexity index is 722. The number of halogens is 1. The Morgan fingerprint density at radius 3 is 2.25 bits per heavy atom. The molecule has 2 rings (SSSR count). The molecule has 28 heavy (non-hydrogen) atoms. The number of nitrogens with one attached hydrogen (secondary N) is 2. The van der Waals surface area contributed by atoms with Gasteiger partial charge in [0.25, 0.3) is 0 Å². The van der Waals surface area contributed by atoms with Gasteiger partial charge in [-0.3, -0.25) is 9.59 Å². The van der Waals surface area contributed by atoms with Crippen LogP contribution < -0.4 is 10.6 Å². The third-order valence-electron chi connectivity index (χ3n) is 4.46. The van der Waals surface area contributed by atoms with E-state index >= 15 is 0 Å². The second kappa shape index (κ2) is 12.0. The van der Waals surface area contributed by atoms with Crippen LogP contribution >= 0.6 is 12.4 Å². The zero-order valence-corrected chi connectivity index (χ0v) is 17.7. The molecule has 0 radical (unpaired) electrons. The van der Waals surface area contributed by atoms with E-state index in [1.54, 1.807) is 35.2 Å². The lowest BCUT2D eigenvalue weighted by Crippen LogP contribution is -2.50. The van der Waals surface area contributed by atoms with Gasteiger partial charge in [0.2, 0.25) is 21.8 Å². The van der Waals surface area contributed by atoms with E-state index in [0.29, 0.717) is 19.6 Å². The molecule has 1 fully saturated rings. The Morgan fingerprint density at radius 2 is 1.64 bits per heavy atom. The second-order valence-corrected chi connectivity index (χ2v) is 8.34. The highest BCUT2D eigenvalue weighted by Gasteiger charge is 2.29. The number of rotatable bonds is 9. The fourth-order valence-electron chi connectivity index (χ4n) is 2.88. The van der Waals surface area contributed by atoms with Gasteiger partial charge in [-0.2, -0.15) is 4.31 Å². The predicted octanol–water partition coefficient (Wildman–Crippen LogP) is 0.447. The molecule has 0 spiro atoms. The molecule has 1 heterocycles. The van der Waals surface area contributed by atoms with Crippen molar-refractivity contribution >= 4 is 34.2 Å². The highest BCUT2D eigenvalue weighted by molar-refractivity contribution is 7.89. The minimum Gasteiger partial charge on any atom is -0.356 e. The molecular weight excluding hydrogens is 404 g/mol. The molecule has 2 N–H and O–H groups in total. The van der Waals surface area contributed by atoms with Crippen LogP contribution in [0, 0.1) is 0 Å². The third-order valence-corrected chi connectivity index (χ3v) is 6.38. The number of nitrogens with zero attached hydrogens (tertiary/aromatic N) is 2. The fourth-order valence-corrected chi connectivity index (χ4v) is 4.32. The highest BCUT2D eigenvalue weighted by atomic mass is 35.5. The molecule has 2 amide bonds. The Balaban J connectivity index is 0.00000392. The summed E-state index contributed by atoms with van der Waals surface area (Å²) in [7, 11) is -1.67. The van der Waals surface area contributed by atoms with Gasteiger partial charge in [0.1, 0.15) is 0 Å². The summed E-state index contributed by atoms with van der Waals surface area (Å²) in [5.41, 5.74) is 0.